The van der Waals surface area contributed by atoms with Gasteiger partial charge in [-0.15, -0.1) is 0 Å². The van der Waals surface area contributed by atoms with Crippen molar-refractivity contribution in [3.8, 4) is 0 Å². The molecule has 0 bridgehead atoms. The van der Waals surface area contributed by atoms with Crippen molar-refractivity contribution in [3.05, 3.63) is 0 Å². The minimum atomic E-state index is -0.334. The molecule has 0 aliphatic carbocycles. The number of nitrogens with zero attached hydrogens (tertiary/aromatic N) is 3. The van der Waals surface area contributed by atoms with Crippen LogP contribution in [0.5, 0.6) is 0 Å². The maximum atomic E-state index is 11.9. The van der Waals surface area contributed by atoms with Gasteiger partial charge in [-0.25, -0.2) is 0 Å². The number of amides is 1. The van der Waals surface area contributed by atoms with Gasteiger partial charge in [-0.1, -0.05) is 20.8 Å². The molecule has 2 saturated heterocycles. The first-order chi connectivity index (χ1) is 11.4. The number of aliphatic imine (C=N–C) groups is 1. The third-order valence-electron chi connectivity index (χ3n) is 4.89. The fourth-order valence-corrected chi connectivity index (χ4v) is 3.45. The number of likely N-dealkylation sites (tertiary alicyclic amines) is 2. The summed E-state index contributed by atoms with van der Waals surface area (Å²) in [5, 5.41) is 6.35. The predicted octanol–water partition coefficient (Wildman–Crippen LogP) is 1.14. The van der Waals surface area contributed by atoms with E-state index in [-0.39, 0.29) is 11.3 Å². The van der Waals surface area contributed by atoms with Crippen LogP contribution in [0.2, 0.25) is 0 Å². The van der Waals surface area contributed by atoms with E-state index >= 15 is 0 Å². The van der Waals surface area contributed by atoms with Gasteiger partial charge < -0.3 is 20.4 Å². The summed E-state index contributed by atoms with van der Waals surface area (Å²) in [7, 11) is 1.84. The van der Waals surface area contributed by atoms with E-state index in [2.05, 4.69) is 25.4 Å². The summed E-state index contributed by atoms with van der Waals surface area (Å²) in [6.45, 7) is 13.1. The molecule has 2 heterocycles. The summed E-state index contributed by atoms with van der Waals surface area (Å²) >= 11 is 0. The number of carbonyl (C=O) groups excluding carboxylic acids is 1. The summed E-state index contributed by atoms with van der Waals surface area (Å²) in [4.78, 5) is 21.2. The lowest BCUT2D eigenvalue weighted by molar-refractivity contribution is -0.128. The molecule has 6 nitrogen and oxygen atoms in total. The van der Waals surface area contributed by atoms with E-state index < -0.39 is 0 Å². The molecule has 138 valence electrons. The Labute approximate surface area is 147 Å². The summed E-state index contributed by atoms with van der Waals surface area (Å²) in [5.41, 5.74) is -0.334. The van der Waals surface area contributed by atoms with Gasteiger partial charge in [0.25, 0.3) is 0 Å². The monoisotopic (exact) mass is 337 g/mol. The first-order valence-corrected chi connectivity index (χ1v) is 9.36. The van der Waals surface area contributed by atoms with Crippen LogP contribution in [0.25, 0.3) is 0 Å². The first kappa shape index (κ1) is 19.0. The van der Waals surface area contributed by atoms with E-state index in [0.717, 1.165) is 25.0 Å². The van der Waals surface area contributed by atoms with Gasteiger partial charge in [0.05, 0.1) is 0 Å². The molecule has 6 heteroatoms. The third-order valence-corrected chi connectivity index (χ3v) is 4.89. The molecule has 1 unspecified atom stereocenters. The van der Waals surface area contributed by atoms with Gasteiger partial charge in [0.15, 0.2) is 5.96 Å². The fourth-order valence-electron chi connectivity index (χ4n) is 3.45. The lowest BCUT2D eigenvalue weighted by Crippen LogP contribution is -2.45. The number of hydrogen-bond acceptors (Lipinski definition) is 3. The van der Waals surface area contributed by atoms with Gasteiger partial charge in [-0.05, 0) is 38.3 Å². The Balaban J connectivity index is 1.67. The van der Waals surface area contributed by atoms with Crippen LogP contribution in [0.4, 0.5) is 0 Å². The lowest BCUT2D eigenvalue weighted by Gasteiger charge is -2.24. The van der Waals surface area contributed by atoms with Gasteiger partial charge in [-0.3, -0.25) is 9.79 Å². The predicted molar refractivity (Wildman–Crippen MR) is 99.2 cm³/mol. The molecule has 0 spiro atoms. The molecule has 0 radical (unpaired) electrons. The van der Waals surface area contributed by atoms with Crippen LogP contribution in [0.3, 0.4) is 0 Å². The fraction of sp³-hybridized carbons (Fsp3) is 0.889. The molecule has 2 N–H and O–H groups in total. The van der Waals surface area contributed by atoms with Crippen LogP contribution < -0.4 is 10.6 Å². The standard InChI is InChI=1S/C18H35N5O/c1-18(2,3)16(24)20-8-9-21-17(19-4)23-12-7-15(14-23)13-22-10-5-6-11-22/h15H,5-14H2,1-4H3,(H,19,21)(H,20,24). The average Bonchev–Trinajstić information content (AvgIpc) is 3.18. The average molecular weight is 338 g/mol. The van der Waals surface area contributed by atoms with Crippen molar-refractivity contribution in [3.63, 3.8) is 0 Å². The molecule has 24 heavy (non-hydrogen) atoms. The molecular weight excluding hydrogens is 302 g/mol. The highest BCUT2D eigenvalue weighted by atomic mass is 16.2. The van der Waals surface area contributed by atoms with Gasteiger partial charge >= 0.3 is 0 Å². The zero-order valence-corrected chi connectivity index (χ0v) is 15.9. The summed E-state index contributed by atoms with van der Waals surface area (Å²) in [5.74, 6) is 1.80. The minimum absolute atomic E-state index is 0.0890. The quantitative estimate of drug-likeness (QED) is 0.449. The Morgan fingerprint density at radius 1 is 1.12 bits per heavy atom. The van der Waals surface area contributed by atoms with E-state index in [4.69, 9.17) is 0 Å². The van der Waals surface area contributed by atoms with Gasteiger partial charge in [0, 0.05) is 45.2 Å². The van der Waals surface area contributed by atoms with Crippen LogP contribution in [-0.4, -0.2) is 74.5 Å². The maximum Gasteiger partial charge on any atom is 0.225 e. The molecule has 0 aromatic carbocycles. The van der Waals surface area contributed by atoms with E-state index in [1.807, 2.05) is 27.8 Å². The Morgan fingerprint density at radius 3 is 2.42 bits per heavy atom. The van der Waals surface area contributed by atoms with Crippen LogP contribution in [0, 0.1) is 11.3 Å². The van der Waals surface area contributed by atoms with Crippen molar-refractivity contribution < 1.29 is 4.79 Å². The van der Waals surface area contributed by atoms with Crippen molar-refractivity contribution in [1.82, 2.24) is 20.4 Å². The number of hydrogen-bond donors (Lipinski definition) is 2. The van der Waals surface area contributed by atoms with Gasteiger partial charge in [0.1, 0.15) is 0 Å². The van der Waals surface area contributed by atoms with Crippen molar-refractivity contribution >= 4 is 11.9 Å². The number of nitrogens with one attached hydrogen (secondary N) is 2. The number of guanidine groups is 1. The Morgan fingerprint density at radius 2 is 1.79 bits per heavy atom. The van der Waals surface area contributed by atoms with Crippen molar-refractivity contribution in [2.75, 3.05) is 52.9 Å². The SMILES string of the molecule is CN=C(NCCNC(=O)C(C)(C)C)N1CCC(CN2CCCC2)C1. The largest absolute Gasteiger partial charge is 0.354 e. The topological polar surface area (TPSA) is 60.0 Å². The first-order valence-electron chi connectivity index (χ1n) is 9.36. The van der Waals surface area contributed by atoms with Crippen molar-refractivity contribution in [2.24, 2.45) is 16.3 Å². The summed E-state index contributed by atoms with van der Waals surface area (Å²) in [6, 6.07) is 0. The molecule has 1 atom stereocenters. The molecule has 0 aromatic heterocycles. The van der Waals surface area contributed by atoms with E-state index in [9.17, 15) is 4.79 Å². The van der Waals surface area contributed by atoms with Gasteiger partial charge in [0.2, 0.25) is 5.91 Å². The highest BCUT2D eigenvalue weighted by Gasteiger charge is 2.27. The normalized spacial score (nSPS) is 22.9. The molecule has 2 rings (SSSR count). The van der Waals surface area contributed by atoms with E-state index in [1.54, 1.807) is 0 Å². The Bertz CT molecular complexity index is 437. The molecule has 1 amide bonds. The molecule has 0 saturated carbocycles. The van der Waals surface area contributed by atoms with Crippen molar-refractivity contribution in [1.29, 1.82) is 0 Å². The molecule has 2 aliphatic rings. The Hall–Kier alpha value is -1.30. The van der Waals surface area contributed by atoms with Crippen LogP contribution >= 0.6 is 0 Å². The number of rotatable bonds is 5. The third kappa shape index (κ3) is 5.65. The molecule has 2 fully saturated rings. The second kappa shape index (κ2) is 8.70. The van der Waals surface area contributed by atoms with Gasteiger partial charge in [-0.2, -0.15) is 0 Å². The summed E-state index contributed by atoms with van der Waals surface area (Å²) < 4.78 is 0. The Kier molecular flexibility index (Phi) is 6.90. The smallest absolute Gasteiger partial charge is 0.225 e. The number of carbonyl (C=O) groups is 1. The van der Waals surface area contributed by atoms with E-state index in [0.29, 0.717) is 13.1 Å². The highest BCUT2D eigenvalue weighted by Crippen LogP contribution is 2.19. The highest BCUT2D eigenvalue weighted by molar-refractivity contribution is 5.82. The second-order valence-corrected chi connectivity index (χ2v) is 8.09. The van der Waals surface area contributed by atoms with E-state index in [1.165, 1.54) is 38.9 Å². The lowest BCUT2D eigenvalue weighted by atomic mass is 9.96. The summed E-state index contributed by atoms with van der Waals surface area (Å²) in [6.07, 6.45) is 3.97. The minimum Gasteiger partial charge on any atom is -0.354 e. The molecule has 2 aliphatic heterocycles. The van der Waals surface area contributed by atoms with Crippen LogP contribution in [0.1, 0.15) is 40.0 Å². The molecule has 0 aromatic rings. The zero-order valence-electron chi connectivity index (χ0n) is 15.9. The zero-order chi connectivity index (χ0) is 17.6. The van der Waals surface area contributed by atoms with Crippen molar-refractivity contribution in [2.45, 2.75) is 40.0 Å². The maximum absolute atomic E-state index is 11.9. The molecular formula is C18H35N5O. The second-order valence-electron chi connectivity index (χ2n) is 8.09. The van der Waals surface area contributed by atoms with Crippen LogP contribution in [0.15, 0.2) is 4.99 Å². The van der Waals surface area contributed by atoms with Crippen LogP contribution in [-0.2, 0) is 4.79 Å².